The van der Waals surface area contributed by atoms with Gasteiger partial charge in [0, 0.05) is 12.1 Å². The molecule has 0 atom stereocenters. The maximum Gasteiger partial charge on any atom is 0.325 e. The number of anilines is 1. The Bertz CT molecular complexity index is 1690. The minimum absolute atomic E-state index is 0.0684. The lowest BCUT2D eigenvalue weighted by molar-refractivity contribution is -0.141. The molecule has 0 unspecified atom stereocenters. The van der Waals surface area contributed by atoms with E-state index < -0.39 is 27.7 Å². The lowest BCUT2D eigenvalue weighted by atomic mass is 10.0. The van der Waals surface area contributed by atoms with E-state index >= 15 is 0 Å². The Labute approximate surface area is 216 Å². The number of halogens is 1. The fraction of sp³-hybridized carbons (Fsp3) is 0.192. The summed E-state index contributed by atoms with van der Waals surface area (Å²) in [4.78, 5) is 29.3. The van der Waals surface area contributed by atoms with E-state index in [2.05, 4.69) is 4.99 Å². The van der Waals surface area contributed by atoms with Gasteiger partial charge in [-0.1, -0.05) is 29.5 Å². The summed E-state index contributed by atoms with van der Waals surface area (Å²) >= 11 is 1.06. The predicted molar refractivity (Wildman–Crippen MR) is 137 cm³/mol. The Hall–Kier alpha value is -3.83. The molecule has 2 heterocycles. The third kappa shape index (κ3) is 4.79. The fourth-order valence-corrected chi connectivity index (χ4v) is 6.87. The highest BCUT2D eigenvalue weighted by atomic mass is 32.2. The Morgan fingerprint density at radius 2 is 1.84 bits per heavy atom. The van der Waals surface area contributed by atoms with Crippen LogP contribution in [-0.4, -0.2) is 38.5 Å². The summed E-state index contributed by atoms with van der Waals surface area (Å²) < 4.78 is 48.6. The molecule has 1 aliphatic heterocycles. The quantitative estimate of drug-likeness (QED) is 0.359. The lowest BCUT2D eigenvalue weighted by Gasteiger charge is -2.30. The first kappa shape index (κ1) is 24.8. The third-order valence-corrected chi connectivity index (χ3v) is 8.98. The number of nitrogens with zero attached hydrogens (tertiary/aromatic N) is 3. The average molecular weight is 540 g/mol. The molecule has 1 aromatic heterocycles. The van der Waals surface area contributed by atoms with Gasteiger partial charge in [-0.25, -0.2) is 12.8 Å². The number of sulfonamides is 1. The topological polar surface area (TPSA) is 98.0 Å². The zero-order chi connectivity index (χ0) is 26.2. The number of methoxy groups -OCH3 is 1. The average Bonchev–Trinajstić information content (AvgIpc) is 3.23. The monoisotopic (exact) mass is 539 g/mol. The van der Waals surface area contributed by atoms with Crippen molar-refractivity contribution in [2.45, 2.75) is 24.3 Å². The molecule has 0 spiro atoms. The van der Waals surface area contributed by atoms with Crippen molar-refractivity contribution in [1.82, 2.24) is 4.57 Å². The van der Waals surface area contributed by atoms with Crippen LogP contribution in [0.4, 0.5) is 10.1 Å². The van der Waals surface area contributed by atoms with E-state index in [1.54, 1.807) is 6.07 Å². The summed E-state index contributed by atoms with van der Waals surface area (Å²) in [6, 6.07) is 17.1. The van der Waals surface area contributed by atoms with E-state index in [1.165, 1.54) is 58.4 Å². The lowest BCUT2D eigenvalue weighted by Crippen LogP contribution is -2.35. The second-order valence-electron chi connectivity index (χ2n) is 8.41. The number of thiazole rings is 1. The van der Waals surface area contributed by atoms with Crippen LogP contribution in [0.5, 0.6) is 0 Å². The smallest absolute Gasteiger partial charge is 0.325 e. The van der Waals surface area contributed by atoms with Gasteiger partial charge in [0.2, 0.25) is 0 Å². The van der Waals surface area contributed by atoms with Gasteiger partial charge in [0.05, 0.1) is 27.9 Å². The normalized spacial score (nSPS) is 14.0. The number of carbonyl (C=O) groups is 2. The van der Waals surface area contributed by atoms with Crippen molar-refractivity contribution in [2.75, 3.05) is 18.0 Å². The summed E-state index contributed by atoms with van der Waals surface area (Å²) in [6.07, 6.45) is 1.54. The first-order valence-corrected chi connectivity index (χ1v) is 13.7. The Balaban J connectivity index is 1.47. The number of para-hydroxylation sites is 1. The van der Waals surface area contributed by atoms with E-state index in [1.807, 2.05) is 18.2 Å². The van der Waals surface area contributed by atoms with Crippen molar-refractivity contribution in [1.29, 1.82) is 0 Å². The highest BCUT2D eigenvalue weighted by Crippen LogP contribution is 2.31. The molecule has 3 aromatic carbocycles. The van der Waals surface area contributed by atoms with E-state index in [4.69, 9.17) is 4.74 Å². The van der Waals surface area contributed by atoms with Gasteiger partial charge in [-0.05, 0) is 66.9 Å². The highest BCUT2D eigenvalue weighted by Gasteiger charge is 2.29. The van der Waals surface area contributed by atoms with Gasteiger partial charge in [-0.15, -0.1) is 0 Å². The zero-order valence-electron chi connectivity index (χ0n) is 19.8. The summed E-state index contributed by atoms with van der Waals surface area (Å²) in [6.45, 7) is 0.171. The van der Waals surface area contributed by atoms with Crippen LogP contribution in [0.1, 0.15) is 22.3 Å². The summed E-state index contributed by atoms with van der Waals surface area (Å²) in [5.74, 6) is -1.63. The van der Waals surface area contributed by atoms with Crippen LogP contribution in [0.15, 0.2) is 76.6 Å². The molecule has 4 aromatic rings. The minimum atomic E-state index is -3.82. The first-order chi connectivity index (χ1) is 17.8. The molecule has 1 aliphatic rings. The molecule has 5 rings (SSSR count). The number of amides is 1. The van der Waals surface area contributed by atoms with Gasteiger partial charge in [0.25, 0.3) is 15.9 Å². The summed E-state index contributed by atoms with van der Waals surface area (Å²) in [5, 5.41) is 0. The Morgan fingerprint density at radius 1 is 1.08 bits per heavy atom. The molecule has 190 valence electrons. The van der Waals surface area contributed by atoms with E-state index in [0.717, 1.165) is 29.7 Å². The van der Waals surface area contributed by atoms with Crippen LogP contribution in [0.25, 0.3) is 10.2 Å². The van der Waals surface area contributed by atoms with Crippen molar-refractivity contribution in [3.8, 4) is 0 Å². The molecule has 0 fully saturated rings. The second kappa shape index (κ2) is 9.91. The van der Waals surface area contributed by atoms with Crippen molar-refractivity contribution < 1.29 is 27.1 Å². The number of fused-ring (bicyclic) bond motifs is 2. The number of benzene rings is 3. The number of ether oxygens (including phenoxy) is 1. The fourth-order valence-electron chi connectivity index (χ4n) is 4.28. The van der Waals surface area contributed by atoms with Crippen LogP contribution < -0.4 is 9.11 Å². The van der Waals surface area contributed by atoms with Gasteiger partial charge in [0.15, 0.2) is 4.80 Å². The molecule has 0 aliphatic carbocycles. The summed E-state index contributed by atoms with van der Waals surface area (Å²) in [5.41, 5.74) is 2.35. The molecular formula is C26H22FN3O5S2. The number of aromatic nitrogens is 1. The molecule has 37 heavy (non-hydrogen) atoms. The zero-order valence-corrected chi connectivity index (χ0v) is 21.4. The SMILES string of the molecule is COC(=O)Cn1c(=NC(=O)c2ccc(S(=O)(=O)N3CCCc4ccccc43)cc2)sc2cc(F)ccc21. The third-order valence-electron chi connectivity index (χ3n) is 6.11. The van der Waals surface area contributed by atoms with Crippen molar-refractivity contribution >= 4 is 49.1 Å². The van der Waals surface area contributed by atoms with Crippen LogP contribution in [0, 0.1) is 5.82 Å². The second-order valence-corrected chi connectivity index (χ2v) is 11.3. The Morgan fingerprint density at radius 3 is 2.59 bits per heavy atom. The van der Waals surface area contributed by atoms with E-state index in [-0.39, 0.29) is 21.8 Å². The van der Waals surface area contributed by atoms with Crippen molar-refractivity contribution in [2.24, 2.45) is 4.99 Å². The van der Waals surface area contributed by atoms with Crippen molar-refractivity contribution in [3.63, 3.8) is 0 Å². The number of carbonyl (C=O) groups excluding carboxylic acids is 2. The maximum absolute atomic E-state index is 13.7. The highest BCUT2D eigenvalue weighted by molar-refractivity contribution is 7.92. The maximum atomic E-state index is 13.7. The van der Waals surface area contributed by atoms with Crippen LogP contribution in [-0.2, 0) is 32.5 Å². The number of esters is 1. The number of rotatable bonds is 5. The molecule has 0 N–H and O–H groups in total. The van der Waals surface area contributed by atoms with Gasteiger partial charge >= 0.3 is 5.97 Å². The van der Waals surface area contributed by atoms with Crippen LogP contribution in [0.2, 0.25) is 0 Å². The van der Waals surface area contributed by atoms with Crippen LogP contribution in [0.3, 0.4) is 0 Å². The van der Waals surface area contributed by atoms with Gasteiger partial charge in [-0.2, -0.15) is 4.99 Å². The number of aryl methyl sites for hydroxylation is 1. The van der Waals surface area contributed by atoms with Gasteiger partial charge < -0.3 is 9.30 Å². The van der Waals surface area contributed by atoms with Gasteiger partial charge in [-0.3, -0.25) is 13.9 Å². The molecule has 0 saturated carbocycles. The van der Waals surface area contributed by atoms with E-state index in [9.17, 15) is 22.4 Å². The first-order valence-electron chi connectivity index (χ1n) is 11.4. The molecule has 1 amide bonds. The molecule has 0 bridgehead atoms. The molecule has 11 heteroatoms. The van der Waals surface area contributed by atoms with Gasteiger partial charge in [0.1, 0.15) is 12.4 Å². The minimum Gasteiger partial charge on any atom is -0.468 e. The molecule has 8 nitrogen and oxygen atoms in total. The number of hydrogen-bond donors (Lipinski definition) is 0. The Kier molecular flexibility index (Phi) is 6.65. The largest absolute Gasteiger partial charge is 0.468 e. The number of hydrogen-bond acceptors (Lipinski definition) is 6. The van der Waals surface area contributed by atoms with Crippen molar-refractivity contribution in [3.05, 3.63) is 88.5 Å². The standard InChI is InChI=1S/C26H22FN3O5S2/c1-35-24(31)16-29-22-13-10-19(27)15-23(22)36-26(29)28-25(32)18-8-11-20(12-9-18)37(33,34)30-14-4-6-17-5-2-3-7-21(17)30/h2-3,5,7-13,15H,4,6,14,16H2,1H3. The summed E-state index contributed by atoms with van der Waals surface area (Å²) in [7, 11) is -2.57. The molecule has 0 saturated heterocycles. The van der Waals surface area contributed by atoms with Crippen LogP contribution >= 0.6 is 11.3 Å². The predicted octanol–water partition coefficient (Wildman–Crippen LogP) is 3.90. The van der Waals surface area contributed by atoms with E-state index in [0.29, 0.717) is 22.4 Å². The molecule has 0 radical (unpaired) electrons. The molecular weight excluding hydrogens is 517 g/mol.